The summed E-state index contributed by atoms with van der Waals surface area (Å²) in [7, 11) is 0. The van der Waals surface area contributed by atoms with Gasteiger partial charge in [0.25, 0.3) is 0 Å². The number of hydrogen-bond acceptors (Lipinski definition) is 7. The fourth-order valence-corrected chi connectivity index (χ4v) is 2.53. The number of aliphatic hydroxyl groups is 1. The van der Waals surface area contributed by atoms with Crippen molar-refractivity contribution in [2.24, 2.45) is 0 Å². The molecule has 1 aliphatic heterocycles. The molecule has 3 heterocycles. The number of aromatic nitrogens is 2. The number of hydrogen-bond donors (Lipinski definition) is 3. The number of nitrogens with one attached hydrogen (secondary N) is 2. The first-order valence-corrected chi connectivity index (χ1v) is 7.80. The van der Waals surface area contributed by atoms with E-state index in [4.69, 9.17) is 9.15 Å². The molecule has 0 unspecified atom stereocenters. The number of furan rings is 1. The van der Waals surface area contributed by atoms with Gasteiger partial charge in [-0.15, -0.1) is 0 Å². The third-order valence-corrected chi connectivity index (χ3v) is 3.85. The van der Waals surface area contributed by atoms with Crippen LogP contribution in [0, 0.1) is 0 Å². The van der Waals surface area contributed by atoms with Gasteiger partial charge in [0.1, 0.15) is 29.3 Å². The average Bonchev–Trinajstić information content (AvgIpc) is 3.10. The quantitative estimate of drug-likeness (QED) is 0.750. The molecule has 3 rings (SSSR count). The molecule has 0 aliphatic carbocycles. The van der Waals surface area contributed by atoms with Crippen molar-refractivity contribution in [1.82, 2.24) is 9.97 Å². The summed E-state index contributed by atoms with van der Waals surface area (Å²) in [5, 5.41) is 16.9. The van der Waals surface area contributed by atoms with E-state index in [2.05, 4.69) is 20.6 Å². The van der Waals surface area contributed by atoms with Gasteiger partial charge >= 0.3 is 0 Å². The summed E-state index contributed by atoms with van der Waals surface area (Å²) >= 11 is 0. The van der Waals surface area contributed by atoms with Gasteiger partial charge in [0.15, 0.2) is 0 Å². The Hall–Kier alpha value is -2.12. The number of nitrogens with zero attached hydrogens (tertiary/aromatic N) is 2. The summed E-state index contributed by atoms with van der Waals surface area (Å²) in [5.41, 5.74) is -1.11. The molecule has 23 heavy (non-hydrogen) atoms. The first-order chi connectivity index (χ1) is 11.1. The van der Waals surface area contributed by atoms with E-state index in [9.17, 15) is 5.11 Å². The minimum Gasteiger partial charge on any atom is -0.466 e. The summed E-state index contributed by atoms with van der Waals surface area (Å²) in [6.45, 7) is 3.50. The first kappa shape index (κ1) is 15.8. The fourth-order valence-electron chi connectivity index (χ4n) is 2.53. The molecule has 2 aromatic rings. The van der Waals surface area contributed by atoms with Crippen molar-refractivity contribution in [2.45, 2.75) is 31.4 Å². The summed E-state index contributed by atoms with van der Waals surface area (Å²) < 4.78 is 10.7. The molecule has 1 saturated heterocycles. The molecular weight excluding hydrogens is 296 g/mol. The second-order valence-electron chi connectivity index (χ2n) is 5.95. The highest BCUT2D eigenvalue weighted by molar-refractivity contribution is 5.47. The Morgan fingerprint density at radius 2 is 2.26 bits per heavy atom. The van der Waals surface area contributed by atoms with Crippen molar-refractivity contribution in [3.8, 4) is 0 Å². The van der Waals surface area contributed by atoms with Gasteiger partial charge in [-0.05, 0) is 31.9 Å². The molecule has 0 spiro atoms. The Kier molecular flexibility index (Phi) is 4.78. The number of ether oxygens (including phenoxy) is 1. The van der Waals surface area contributed by atoms with Gasteiger partial charge in [0, 0.05) is 12.7 Å². The average molecular weight is 318 g/mol. The Morgan fingerprint density at radius 3 is 3.00 bits per heavy atom. The third kappa shape index (κ3) is 4.20. The van der Waals surface area contributed by atoms with Crippen molar-refractivity contribution >= 4 is 11.6 Å². The smallest absolute Gasteiger partial charge is 0.136 e. The van der Waals surface area contributed by atoms with E-state index in [0.717, 1.165) is 25.3 Å². The molecule has 0 saturated carbocycles. The van der Waals surface area contributed by atoms with Gasteiger partial charge in [-0.3, -0.25) is 0 Å². The summed E-state index contributed by atoms with van der Waals surface area (Å²) in [5.74, 6) is 1.90. The van der Waals surface area contributed by atoms with Crippen LogP contribution < -0.4 is 10.6 Å². The maximum Gasteiger partial charge on any atom is 0.136 e. The van der Waals surface area contributed by atoms with Crippen LogP contribution in [0.3, 0.4) is 0 Å². The Morgan fingerprint density at radius 1 is 1.39 bits per heavy atom. The van der Waals surface area contributed by atoms with Crippen molar-refractivity contribution in [1.29, 1.82) is 0 Å². The topological polar surface area (TPSA) is 92.4 Å². The van der Waals surface area contributed by atoms with Crippen LogP contribution in [-0.2, 0) is 10.3 Å². The highest BCUT2D eigenvalue weighted by atomic mass is 16.5. The van der Waals surface area contributed by atoms with Crippen molar-refractivity contribution < 1.29 is 14.3 Å². The summed E-state index contributed by atoms with van der Waals surface area (Å²) in [6, 6.07) is 5.60. The predicted molar refractivity (Wildman–Crippen MR) is 86.3 cm³/mol. The normalized spacial score (nSPS) is 20.7. The molecule has 3 N–H and O–H groups in total. The minimum atomic E-state index is -1.11. The molecule has 2 atom stereocenters. The van der Waals surface area contributed by atoms with Crippen LogP contribution >= 0.6 is 0 Å². The van der Waals surface area contributed by atoms with Gasteiger partial charge in [-0.25, -0.2) is 9.97 Å². The van der Waals surface area contributed by atoms with Gasteiger partial charge in [-0.2, -0.15) is 0 Å². The van der Waals surface area contributed by atoms with Crippen LogP contribution in [0.4, 0.5) is 11.6 Å². The molecule has 2 aromatic heterocycles. The van der Waals surface area contributed by atoms with E-state index < -0.39 is 5.60 Å². The van der Waals surface area contributed by atoms with Gasteiger partial charge < -0.3 is 24.9 Å². The fraction of sp³-hybridized carbons (Fsp3) is 0.500. The van der Waals surface area contributed by atoms with Crippen LogP contribution in [0.2, 0.25) is 0 Å². The molecule has 0 radical (unpaired) electrons. The third-order valence-electron chi connectivity index (χ3n) is 3.85. The Bertz CT molecular complexity index is 610. The van der Waals surface area contributed by atoms with E-state index in [1.54, 1.807) is 25.3 Å². The van der Waals surface area contributed by atoms with Gasteiger partial charge in [0.05, 0.1) is 25.5 Å². The molecule has 124 valence electrons. The lowest BCUT2D eigenvalue weighted by Gasteiger charge is -2.24. The lowest BCUT2D eigenvalue weighted by atomic mass is 10.0. The second-order valence-corrected chi connectivity index (χ2v) is 5.95. The Labute approximate surface area is 135 Å². The SMILES string of the molecule is C[C@](O)(CNc1cc(N[C@H]2CCCOC2)ncn1)c1ccco1. The zero-order valence-electron chi connectivity index (χ0n) is 13.2. The van der Waals surface area contributed by atoms with Crippen LogP contribution in [0.25, 0.3) is 0 Å². The van der Waals surface area contributed by atoms with E-state index >= 15 is 0 Å². The van der Waals surface area contributed by atoms with E-state index in [0.29, 0.717) is 18.2 Å². The van der Waals surface area contributed by atoms with Gasteiger partial charge in [0.2, 0.25) is 0 Å². The number of anilines is 2. The molecule has 1 fully saturated rings. The summed E-state index contributed by atoms with van der Waals surface area (Å²) in [4.78, 5) is 8.41. The summed E-state index contributed by atoms with van der Waals surface area (Å²) in [6.07, 6.45) is 5.17. The van der Waals surface area contributed by atoms with E-state index in [-0.39, 0.29) is 12.6 Å². The lowest BCUT2D eigenvalue weighted by molar-refractivity contribution is 0.0476. The zero-order chi connectivity index (χ0) is 16.1. The molecule has 7 nitrogen and oxygen atoms in total. The highest BCUT2D eigenvalue weighted by Crippen LogP contribution is 2.22. The van der Waals surface area contributed by atoms with Gasteiger partial charge in [-0.1, -0.05) is 0 Å². The van der Waals surface area contributed by atoms with Crippen molar-refractivity contribution in [3.63, 3.8) is 0 Å². The highest BCUT2D eigenvalue weighted by Gasteiger charge is 2.26. The van der Waals surface area contributed by atoms with Crippen LogP contribution in [0.5, 0.6) is 0 Å². The van der Waals surface area contributed by atoms with Crippen LogP contribution in [0.1, 0.15) is 25.5 Å². The van der Waals surface area contributed by atoms with Crippen LogP contribution in [0.15, 0.2) is 35.2 Å². The van der Waals surface area contributed by atoms with Crippen molar-refractivity contribution in [3.05, 3.63) is 36.5 Å². The maximum atomic E-state index is 10.4. The standard InChI is InChI=1S/C16H22N4O3/c1-16(21,13-5-3-7-23-13)10-17-14-8-15(19-11-18-14)20-12-4-2-6-22-9-12/h3,5,7-8,11-12,21H,2,4,6,9-10H2,1H3,(H2,17,18,19,20)/t12-,16-/m0/s1. The molecule has 0 bridgehead atoms. The molecule has 0 amide bonds. The molecule has 1 aliphatic rings. The monoisotopic (exact) mass is 318 g/mol. The molecule has 0 aromatic carbocycles. The predicted octanol–water partition coefficient (Wildman–Crippen LogP) is 1.98. The molecular formula is C16H22N4O3. The van der Waals surface area contributed by atoms with E-state index in [1.807, 2.05) is 6.07 Å². The van der Waals surface area contributed by atoms with E-state index in [1.165, 1.54) is 6.33 Å². The lowest BCUT2D eigenvalue weighted by Crippen LogP contribution is -2.31. The largest absolute Gasteiger partial charge is 0.466 e. The van der Waals surface area contributed by atoms with Crippen LogP contribution in [-0.4, -0.2) is 40.9 Å². The first-order valence-electron chi connectivity index (χ1n) is 7.80. The van der Waals surface area contributed by atoms with Crippen molar-refractivity contribution in [2.75, 3.05) is 30.4 Å². The number of rotatable bonds is 6. The minimum absolute atomic E-state index is 0.276. The zero-order valence-corrected chi connectivity index (χ0v) is 13.2. The molecule has 7 heteroatoms. The Balaban J connectivity index is 1.59. The second kappa shape index (κ2) is 6.97. The maximum absolute atomic E-state index is 10.4.